The van der Waals surface area contributed by atoms with E-state index in [9.17, 15) is 0 Å². The Balaban J connectivity index is 2.67. The molecule has 0 heterocycles. The molecular weight excluding hydrogens is 302 g/mol. The Bertz CT molecular complexity index is 390. The lowest BCUT2D eigenvalue weighted by Gasteiger charge is -2.25. The van der Waals surface area contributed by atoms with Crippen molar-refractivity contribution in [2.45, 2.75) is 40.0 Å². The molecule has 1 aromatic carbocycles. The number of hydrogen-bond donors (Lipinski definition) is 1. The van der Waals surface area contributed by atoms with E-state index in [1.165, 1.54) is 18.4 Å². The van der Waals surface area contributed by atoms with E-state index in [1.807, 2.05) is 20.0 Å². The minimum absolute atomic E-state index is 0.356. The summed E-state index contributed by atoms with van der Waals surface area (Å²) in [6.07, 6.45) is 3.43. The summed E-state index contributed by atoms with van der Waals surface area (Å²) in [7, 11) is 2.01. The number of ether oxygens (including phenoxy) is 1. The standard InChI is InChI=1S/C16H26BrNO/c1-5-19-15-7-6-14(17)12-13(15)8-9-16(2,3)10-11-18-4/h6-7,12,18H,5,8-11H2,1-4H3. The van der Waals surface area contributed by atoms with Crippen molar-refractivity contribution in [3.05, 3.63) is 28.2 Å². The molecule has 1 rings (SSSR count). The van der Waals surface area contributed by atoms with Crippen molar-refractivity contribution in [2.24, 2.45) is 5.41 Å². The minimum atomic E-state index is 0.356. The molecule has 0 radical (unpaired) electrons. The first-order chi connectivity index (χ1) is 8.98. The van der Waals surface area contributed by atoms with Gasteiger partial charge in [0.2, 0.25) is 0 Å². The first-order valence-corrected chi connectivity index (χ1v) is 7.83. The van der Waals surface area contributed by atoms with Crippen molar-refractivity contribution in [1.29, 1.82) is 0 Å². The van der Waals surface area contributed by atoms with Crippen molar-refractivity contribution in [2.75, 3.05) is 20.2 Å². The van der Waals surface area contributed by atoms with Crippen LogP contribution in [0.4, 0.5) is 0 Å². The van der Waals surface area contributed by atoms with Crippen LogP contribution < -0.4 is 10.1 Å². The fourth-order valence-electron chi connectivity index (χ4n) is 2.10. The van der Waals surface area contributed by atoms with Gasteiger partial charge >= 0.3 is 0 Å². The number of aryl methyl sites for hydroxylation is 1. The van der Waals surface area contributed by atoms with Gasteiger partial charge in [0.15, 0.2) is 0 Å². The summed E-state index contributed by atoms with van der Waals surface area (Å²) in [5.41, 5.74) is 1.66. The van der Waals surface area contributed by atoms with E-state index < -0.39 is 0 Å². The number of rotatable bonds is 8. The van der Waals surface area contributed by atoms with Crippen molar-refractivity contribution in [3.63, 3.8) is 0 Å². The highest BCUT2D eigenvalue weighted by molar-refractivity contribution is 9.10. The first-order valence-electron chi connectivity index (χ1n) is 7.04. The van der Waals surface area contributed by atoms with Gasteiger partial charge in [-0.1, -0.05) is 29.8 Å². The lowest BCUT2D eigenvalue weighted by molar-refractivity contribution is 0.299. The zero-order valence-electron chi connectivity index (χ0n) is 12.6. The van der Waals surface area contributed by atoms with Crippen LogP contribution in [0.25, 0.3) is 0 Å². The monoisotopic (exact) mass is 327 g/mol. The van der Waals surface area contributed by atoms with Crippen LogP contribution in [0, 0.1) is 5.41 Å². The van der Waals surface area contributed by atoms with Crippen LogP contribution in [-0.4, -0.2) is 20.2 Å². The SMILES string of the molecule is CCOc1ccc(Br)cc1CCC(C)(C)CCNC. The molecule has 0 fully saturated rings. The average molecular weight is 328 g/mol. The molecule has 0 aliphatic rings. The van der Waals surface area contributed by atoms with Crippen LogP contribution in [0.5, 0.6) is 5.75 Å². The summed E-state index contributed by atoms with van der Waals surface area (Å²) in [6, 6.07) is 6.28. The van der Waals surface area contributed by atoms with Gasteiger partial charge in [-0.2, -0.15) is 0 Å². The van der Waals surface area contributed by atoms with Crippen LogP contribution in [0.3, 0.4) is 0 Å². The second-order valence-electron chi connectivity index (χ2n) is 5.70. The Morgan fingerprint density at radius 1 is 1.26 bits per heavy atom. The van der Waals surface area contributed by atoms with Gasteiger partial charge in [-0.05, 0) is 69.0 Å². The maximum absolute atomic E-state index is 5.71. The van der Waals surface area contributed by atoms with Crippen LogP contribution in [0.2, 0.25) is 0 Å². The third kappa shape index (κ3) is 5.96. The zero-order chi connectivity index (χ0) is 14.3. The van der Waals surface area contributed by atoms with Gasteiger partial charge in [0.25, 0.3) is 0 Å². The van der Waals surface area contributed by atoms with Crippen LogP contribution >= 0.6 is 15.9 Å². The van der Waals surface area contributed by atoms with Gasteiger partial charge in [-0.25, -0.2) is 0 Å². The Morgan fingerprint density at radius 3 is 2.63 bits per heavy atom. The largest absolute Gasteiger partial charge is 0.494 e. The predicted octanol–water partition coefficient (Wildman–Crippen LogP) is 4.42. The lowest BCUT2D eigenvalue weighted by atomic mass is 9.83. The molecule has 3 heteroatoms. The molecule has 19 heavy (non-hydrogen) atoms. The summed E-state index contributed by atoms with van der Waals surface area (Å²) >= 11 is 3.54. The fourth-order valence-corrected chi connectivity index (χ4v) is 2.51. The smallest absolute Gasteiger partial charge is 0.122 e. The average Bonchev–Trinajstić information content (AvgIpc) is 2.37. The van der Waals surface area contributed by atoms with E-state index in [-0.39, 0.29) is 0 Å². The molecule has 0 aliphatic heterocycles. The second kappa shape index (κ2) is 7.91. The molecule has 0 bridgehead atoms. The van der Waals surface area contributed by atoms with Crippen LogP contribution in [-0.2, 0) is 6.42 Å². The Hall–Kier alpha value is -0.540. The van der Waals surface area contributed by atoms with E-state index >= 15 is 0 Å². The minimum Gasteiger partial charge on any atom is -0.494 e. The van der Waals surface area contributed by atoms with E-state index in [0.29, 0.717) is 5.41 Å². The van der Waals surface area contributed by atoms with Crippen molar-refractivity contribution >= 4 is 15.9 Å². The summed E-state index contributed by atoms with van der Waals surface area (Å²) < 4.78 is 6.83. The fraction of sp³-hybridized carbons (Fsp3) is 0.625. The Kier molecular flexibility index (Phi) is 6.87. The summed E-state index contributed by atoms with van der Waals surface area (Å²) in [6.45, 7) is 8.50. The van der Waals surface area contributed by atoms with E-state index in [0.717, 1.165) is 29.8 Å². The second-order valence-corrected chi connectivity index (χ2v) is 6.62. The molecule has 0 saturated heterocycles. The van der Waals surface area contributed by atoms with E-state index in [2.05, 4.69) is 47.2 Å². The van der Waals surface area contributed by atoms with Crippen molar-refractivity contribution < 1.29 is 4.74 Å². The normalized spacial score (nSPS) is 11.6. The molecule has 0 unspecified atom stereocenters. The first kappa shape index (κ1) is 16.5. The predicted molar refractivity (Wildman–Crippen MR) is 86.0 cm³/mol. The molecule has 0 aliphatic carbocycles. The summed E-state index contributed by atoms with van der Waals surface area (Å²) in [5, 5.41) is 3.23. The van der Waals surface area contributed by atoms with Crippen molar-refractivity contribution in [1.82, 2.24) is 5.32 Å². The molecule has 0 saturated carbocycles. The molecular formula is C16H26BrNO. The molecule has 2 nitrogen and oxygen atoms in total. The van der Waals surface area contributed by atoms with E-state index in [1.54, 1.807) is 0 Å². The van der Waals surface area contributed by atoms with Crippen molar-refractivity contribution in [3.8, 4) is 5.75 Å². The molecule has 0 spiro atoms. The van der Waals surface area contributed by atoms with Gasteiger partial charge in [0, 0.05) is 4.47 Å². The number of halogens is 1. The summed E-state index contributed by atoms with van der Waals surface area (Å²) in [4.78, 5) is 0. The maximum Gasteiger partial charge on any atom is 0.122 e. The molecule has 1 aromatic rings. The highest BCUT2D eigenvalue weighted by Gasteiger charge is 2.18. The number of hydrogen-bond acceptors (Lipinski definition) is 2. The summed E-state index contributed by atoms with van der Waals surface area (Å²) in [5.74, 6) is 1.02. The molecule has 108 valence electrons. The zero-order valence-corrected chi connectivity index (χ0v) is 14.1. The van der Waals surface area contributed by atoms with E-state index in [4.69, 9.17) is 4.74 Å². The third-order valence-corrected chi connectivity index (χ3v) is 3.94. The molecule has 1 N–H and O–H groups in total. The Morgan fingerprint density at radius 2 is 2.00 bits per heavy atom. The van der Waals surface area contributed by atoms with Crippen LogP contribution in [0.1, 0.15) is 39.2 Å². The molecule has 0 amide bonds. The van der Waals surface area contributed by atoms with Gasteiger partial charge in [-0.15, -0.1) is 0 Å². The van der Waals surface area contributed by atoms with Gasteiger partial charge < -0.3 is 10.1 Å². The number of nitrogens with one attached hydrogen (secondary N) is 1. The highest BCUT2D eigenvalue weighted by atomic mass is 79.9. The van der Waals surface area contributed by atoms with Gasteiger partial charge in [0.05, 0.1) is 6.61 Å². The molecule has 0 aromatic heterocycles. The lowest BCUT2D eigenvalue weighted by Crippen LogP contribution is -2.20. The van der Waals surface area contributed by atoms with Gasteiger partial charge in [-0.3, -0.25) is 0 Å². The Labute approximate surface area is 126 Å². The van der Waals surface area contributed by atoms with Gasteiger partial charge in [0.1, 0.15) is 5.75 Å². The quantitative estimate of drug-likeness (QED) is 0.763. The van der Waals surface area contributed by atoms with Crippen LogP contribution in [0.15, 0.2) is 22.7 Å². The maximum atomic E-state index is 5.71. The molecule has 0 atom stereocenters. The highest BCUT2D eigenvalue weighted by Crippen LogP contribution is 2.30. The number of benzene rings is 1. The topological polar surface area (TPSA) is 21.3 Å². The third-order valence-electron chi connectivity index (χ3n) is 3.45.